The predicted molar refractivity (Wildman–Crippen MR) is 76.2 cm³/mol. The summed E-state index contributed by atoms with van der Waals surface area (Å²) in [5, 5.41) is 11.2. The van der Waals surface area contributed by atoms with Crippen molar-refractivity contribution in [2.75, 3.05) is 51.5 Å². The highest BCUT2D eigenvalue weighted by Gasteiger charge is 2.20. The Bertz CT molecular complexity index is 373. The summed E-state index contributed by atoms with van der Waals surface area (Å²) in [6.07, 6.45) is 0. The number of carbonyl (C=O) groups is 3. The molecule has 0 aromatic heterocycles. The van der Waals surface area contributed by atoms with Gasteiger partial charge in [-0.2, -0.15) is 0 Å². The first-order valence-corrected chi connectivity index (χ1v) is 7.64. The first-order chi connectivity index (χ1) is 10.0. The van der Waals surface area contributed by atoms with Gasteiger partial charge in [-0.3, -0.25) is 9.59 Å². The molecule has 1 saturated heterocycles. The van der Waals surface area contributed by atoms with E-state index in [0.29, 0.717) is 26.3 Å². The second-order valence-electron chi connectivity index (χ2n) is 4.40. The van der Waals surface area contributed by atoms with Gasteiger partial charge >= 0.3 is 5.97 Å². The number of carbonyl (C=O) groups excluding carboxylic acids is 2. The van der Waals surface area contributed by atoms with Crippen molar-refractivity contribution in [3.8, 4) is 0 Å². The quantitative estimate of drug-likeness (QED) is 0.578. The van der Waals surface area contributed by atoms with Crippen LogP contribution in [0.4, 0.5) is 0 Å². The third-order valence-corrected chi connectivity index (χ3v) is 3.71. The summed E-state index contributed by atoms with van der Waals surface area (Å²) in [6.45, 7) is 2.11. The van der Waals surface area contributed by atoms with Gasteiger partial charge in [-0.15, -0.1) is 11.8 Å². The van der Waals surface area contributed by atoms with Gasteiger partial charge in [-0.25, -0.2) is 4.79 Å². The fourth-order valence-corrected chi connectivity index (χ4v) is 2.44. The molecule has 1 rings (SSSR count). The molecule has 1 atom stereocenters. The zero-order valence-electron chi connectivity index (χ0n) is 11.9. The van der Waals surface area contributed by atoms with Crippen molar-refractivity contribution in [3.05, 3.63) is 0 Å². The molecule has 1 aliphatic heterocycles. The Hall–Kier alpha value is -1.32. The number of amides is 2. The van der Waals surface area contributed by atoms with Crippen LogP contribution in [0.3, 0.4) is 0 Å². The standard InChI is InChI=1S/C12H20N2O6S/c1-19-6-9(12(17)18)13-10(15)7-21-8-11(16)14-2-4-20-5-3-14/h9H,2-8H2,1H3,(H,13,15)(H,17,18). The first kappa shape index (κ1) is 17.7. The van der Waals surface area contributed by atoms with E-state index in [9.17, 15) is 14.4 Å². The molecule has 1 heterocycles. The van der Waals surface area contributed by atoms with Gasteiger partial charge in [0.15, 0.2) is 6.04 Å². The summed E-state index contributed by atoms with van der Waals surface area (Å²) in [7, 11) is 1.36. The first-order valence-electron chi connectivity index (χ1n) is 6.49. The Morgan fingerprint density at radius 1 is 1.33 bits per heavy atom. The maximum Gasteiger partial charge on any atom is 0.328 e. The number of thioether (sulfide) groups is 1. The van der Waals surface area contributed by atoms with Crippen molar-refractivity contribution in [3.63, 3.8) is 0 Å². The third-order valence-electron chi connectivity index (χ3n) is 2.79. The number of carboxylic acids is 1. The van der Waals surface area contributed by atoms with Crippen molar-refractivity contribution in [2.24, 2.45) is 0 Å². The van der Waals surface area contributed by atoms with Gasteiger partial charge in [-0.05, 0) is 0 Å². The summed E-state index contributed by atoms with van der Waals surface area (Å²) in [4.78, 5) is 35.9. The zero-order valence-corrected chi connectivity index (χ0v) is 12.7. The van der Waals surface area contributed by atoms with Crippen molar-refractivity contribution in [2.45, 2.75) is 6.04 Å². The minimum Gasteiger partial charge on any atom is -0.480 e. The zero-order chi connectivity index (χ0) is 15.7. The van der Waals surface area contributed by atoms with Crippen molar-refractivity contribution >= 4 is 29.5 Å². The van der Waals surface area contributed by atoms with E-state index < -0.39 is 17.9 Å². The summed E-state index contributed by atoms with van der Waals surface area (Å²) >= 11 is 1.16. The molecule has 0 saturated carbocycles. The molecular formula is C12H20N2O6S. The van der Waals surface area contributed by atoms with Gasteiger partial charge in [-0.1, -0.05) is 0 Å². The molecule has 8 nitrogen and oxygen atoms in total. The molecule has 120 valence electrons. The highest BCUT2D eigenvalue weighted by atomic mass is 32.2. The molecular weight excluding hydrogens is 300 g/mol. The number of aliphatic carboxylic acids is 1. The molecule has 0 spiro atoms. The Morgan fingerprint density at radius 2 is 2.00 bits per heavy atom. The Balaban J connectivity index is 2.22. The molecule has 9 heteroatoms. The van der Waals surface area contributed by atoms with Crippen LogP contribution in [0, 0.1) is 0 Å². The number of rotatable bonds is 8. The number of hydrogen-bond donors (Lipinski definition) is 2. The minimum absolute atomic E-state index is 0.0313. The van der Waals surface area contributed by atoms with Gasteiger partial charge in [0, 0.05) is 20.2 Å². The Labute approximate surface area is 127 Å². The van der Waals surface area contributed by atoms with Crippen LogP contribution in [-0.4, -0.2) is 85.4 Å². The van der Waals surface area contributed by atoms with Crippen LogP contribution in [0.25, 0.3) is 0 Å². The number of morpholine rings is 1. The van der Waals surface area contributed by atoms with Crippen molar-refractivity contribution in [1.29, 1.82) is 0 Å². The fraction of sp³-hybridized carbons (Fsp3) is 0.750. The number of ether oxygens (including phenoxy) is 2. The third kappa shape index (κ3) is 6.78. The molecule has 0 aromatic carbocycles. The lowest BCUT2D eigenvalue weighted by molar-refractivity contribution is -0.143. The molecule has 1 fully saturated rings. The molecule has 2 amide bonds. The number of nitrogens with one attached hydrogen (secondary N) is 1. The van der Waals surface area contributed by atoms with Crippen LogP contribution >= 0.6 is 11.8 Å². The molecule has 0 aromatic rings. The lowest BCUT2D eigenvalue weighted by atomic mass is 10.3. The van der Waals surface area contributed by atoms with E-state index >= 15 is 0 Å². The maximum atomic E-state index is 11.8. The normalized spacial score (nSPS) is 16.3. The van der Waals surface area contributed by atoms with E-state index in [-0.39, 0.29) is 24.0 Å². The van der Waals surface area contributed by atoms with E-state index in [1.807, 2.05) is 0 Å². The second kappa shape index (κ2) is 9.59. The molecule has 21 heavy (non-hydrogen) atoms. The van der Waals surface area contributed by atoms with Gasteiger partial charge in [0.2, 0.25) is 11.8 Å². The van der Waals surface area contributed by atoms with Gasteiger partial charge < -0.3 is 24.8 Å². The van der Waals surface area contributed by atoms with E-state index in [1.165, 1.54) is 7.11 Å². The fourth-order valence-electron chi connectivity index (χ4n) is 1.71. The lowest BCUT2D eigenvalue weighted by Crippen LogP contribution is -2.45. The number of nitrogens with zero attached hydrogens (tertiary/aromatic N) is 1. The van der Waals surface area contributed by atoms with Crippen LogP contribution in [0.15, 0.2) is 0 Å². The van der Waals surface area contributed by atoms with Crippen LogP contribution in [0.1, 0.15) is 0 Å². The molecule has 0 bridgehead atoms. The van der Waals surface area contributed by atoms with Crippen LogP contribution in [0.5, 0.6) is 0 Å². The van der Waals surface area contributed by atoms with Crippen LogP contribution in [0.2, 0.25) is 0 Å². The smallest absolute Gasteiger partial charge is 0.328 e. The topological polar surface area (TPSA) is 105 Å². The summed E-state index contributed by atoms with van der Waals surface area (Å²) in [5.41, 5.74) is 0. The number of carboxylic acid groups (broad SMARTS) is 1. The largest absolute Gasteiger partial charge is 0.480 e. The molecule has 1 aliphatic rings. The minimum atomic E-state index is -1.15. The lowest BCUT2D eigenvalue weighted by Gasteiger charge is -2.26. The van der Waals surface area contributed by atoms with E-state index in [0.717, 1.165) is 11.8 Å². The monoisotopic (exact) mass is 320 g/mol. The molecule has 2 N–H and O–H groups in total. The van der Waals surface area contributed by atoms with Crippen LogP contribution in [-0.2, 0) is 23.9 Å². The van der Waals surface area contributed by atoms with E-state index in [4.69, 9.17) is 14.6 Å². The number of hydrogen-bond acceptors (Lipinski definition) is 6. The highest BCUT2D eigenvalue weighted by molar-refractivity contribution is 8.00. The SMILES string of the molecule is COCC(NC(=O)CSCC(=O)N1CCOCC1)C(=O)O. The highest BCUT2D eigenvalue weighted by Crippen LogP contribution is 2.05. The van der Waals surface area contributed by atoms with Gasteiger partial charge in [0.1, 0.15) is 0 Å². The summed E-state index contributed by atoms with van der Waals surface area (Å²) in [6, 6.07) is -1.07. The summed E-state index contributed by atoms with van der Waals surface area (Å²) < 4.78 is 9.86. The molecule has 1 unspecified atom stereocenters. The Morgan fingerprint density at radius 3 is 2.57 bits per heavy atom. The maximum absolute atomic E-state index is 11.8. The van der Waals surface area contributed by atoms with E-state index in [1.54, 1.807) is 4.90 Å². The second-order valence-corrected chi connectivity index (χ2v) is 5.39. The van der Waals surface area contributed by atoms with Crippen molar-refractivity contribution in [1.82, 2.24) is 10.2 Å². The van der Waals surface area contributed by atoms with Gasteiger partial charge in [0.05, 0.1) is 31.3 Å². The Kier molecular flexibility index (Phi) is 8.09. The van der Waals surface area contributed by atoms with E-state index in [2.05, 4.69) is 5.32 Å². The average Bonchev–Trinajstić information content (AvgIpc) is 2.47. The van der Waals surface area contributed by atoms with Gasteiger partial charge in [0.25, 0.3) is 0 Å². The summed E-state index contributed by atoms with van der Waals surface area (Å²) in [5.74, 6) is -1.40. The molecule has 0 radical (unpaired) electrons. The number of methoxy groups -OCH3 is 1. The predicted octanol–water partition coefficient (Wildman–Crippen LogP) is -1.21. The molecule has 0 aliphatic carbocycles. The average molecular weight is 320 g/mol. The van der Waals surface area contributed by atoms with Crippen LogP contribution < -0.4 is 5.32 Å². The van der Waals surface area contributed by atoms with Crippen molar-refractivity contribution < 1.29 is 29.0 Å².